The molecule has 1 aliphatic heterocycles. The monoisotopic (exact) mass is 464 g/mol. The molecule has 0 spiro atoms. The Morgan fingerprint density at radius 2 is 2.00 bits per heavy atom. The molecule has 0 saturated carbocycles. The lowest BCUT2D eigenvalue weighted by Crippen LogP contribution is -2.30. The number of fused-ring (bicyclic) bond motifs is 1. The largest absolute Gasteiger partial charge is 0.496 e. The van der Waals surface area contributed by atoms with Crippen molar-refractivity contribution in [1.29, 1.82) is 0 Å². The molecule has 1 heterocycles. The lowest BCUT2D eigenvalue weighted by molar-refractivity contribution is -0.384. The summed E-state index contributed by atoms with van der Waals surface area (Å²) < 4.78 is 21.3. The van der Waals surface area contributed by atoms with Gasteiger partial charge in [-0.15, -0.1) is 0 Å². The lowest BCUT2D eigenvalue weighted by atomic mass is 10.1. The van der Waals surface area contributed by atoms with E-state index in [4.69, 9.17) is 30.5 Å². The van der Waals surface area contributed by atoms with E-state index in [0.717, 1.165) is 0 Å². The van der Waals surface area contributed by atoms with Crippen molar-refractivity contribution < 1.29 is 33.5 Å². The van der Waals surface area contributed by atoms with Crippen LogP contribution in [0.3, 0.4) is 0 Å². The summed E-state index contributed by atoms with van der Waals surface area (Å²) >= 11 is 6.23. The zero-order valence-electron chi connectivity index (χ0n) is 17.4. The molecule has 0 unspecified atom stereocenters. The fourth-order valence-corrected chi connectivity index (χ4v) is 3.26. The predicted molar refractivity (Wildman–Crippen MR) is 115 cm³/mol. The molecular formula is C21H21ClN2O8. The minimum absolute atomic E-state index is 0.0432. The molecule has 1 aliphatic rings. The summed E-state index contributed by atoms with van der Waals surface area (Å²) in [6, 6.07) is 7.19. The van der Waals surface area contributed by atoms with E-state index in [1.807, 2.05) is 0 Å². The van der Waals surface area contributed by atoms with Crippen LogP contribution < -0.4 is 19.5 Å². The van der Waals surface area contributed by atoms with Crippen LogP contribution in [0.1, 0.15) is 18.9 Å². The van der Waals surface area contributed by atoms with E-state index < -0.39 is 22.9 Å². The van der Waals surface area contributed by atoms with Gasteiger partial charge in [0.2, 0.25) is 0 Å². The molecule has 2 aromatic carbocycles. The van der Waals surface area contributed by atoms with Gasteiger partial charge in [-0.3, -0.25) is 19.7 Å². The number of nitro benzene ring substituents is 1. The van der Waals surface area contributed by atoms with Gasteiger partial charge < -0.3 is 24.3 Å². The van der Waals surface area contributed by atoms with Gasteiger partial charge in [-0.25, -0.2) is 0 Å². The number of amides is 1. The summed E-state index contributed by atoms with van der Waals surface area (Å²) in [5.74, 6) is -0.265. The molecular weight excluding hydrogens is 444 g/mol. The maximum Gasteiger partial charge on any atom is 0.311 e. The van der Waals surface area contributed by atoms with Crippen molar-refractivity contribution >= 4 is 34.9 Å². The minimum Gasteiger partial charge on any atom is -0.496 e. The summed E-state index contributed by atoms with van der Waals surface area (Å²) in [5, 5.41) is 14.0. The molecule has 1 N–H and O–H groups in total. The van der Waals surface area contributed by atoms with Gasteiger partial charge in [0.15, 0.2) is 17.6 Å². The number of halogens is 1. The maximum atomic E-state index is 12.4. The second-order valence-corrected chi connectivity index (χ2v) is 7.30. The SMILES string of the molecule is COc1ccc(NC(=O)[C@@H](C)OC(=O)Cc2cc(Cl)c3c(c2)OCCCO3)c([N+](=O)[O-])c1. The predicted octanol–water partition coefficient (Wildman–Crippen LogP) is 3.53. The van der Waals surface area contributed by atoms with Crippen molar-refractivity contribution in [2.24, 2.45) is 0 Å². The number of hydrogen-bond donors (Lipinski definition) is 1. The lowest BCUT2D eigenvalue weighted by Gasteiger charge is -2.15. The van der Waals surface area contributed by atoms with Crippen LogP contribution in [0.2, 0.25) is 5.02 Å². The molecule has 0 fully saturated rings. The zero-order valence-corrected chi connectivity index (χ0v) is 18.1. The highest BCUT2D eigenvalue weighted by Gasteiger charge is 2.23. The molecule has 170 valence electrons. The molecule has 0 saturated heterocycles. The number of benzene rings is 2. The highest BCUT2D eigenvalue weighted by molar-refractivity contribution is 6.32. The van der Waals surface area contributed by atoms with Crippen molar-refractivity contribution in [1.82, 2.24) is 0 Å². The summed E-state index contributed by atoms with van der Waals surface area (Å²) in [6.07, 6.45) is -0.641. The van der Waals surface area contributed by atoms with Gasteiger partial charge >= 0.3 is 5.97 Å². The Labute approximate surface area is 188 Å². The van der Waals surface area contributed by atoms with E-state index in [0.29, 0.717) is 41.7 Å². The number of anilines is 1. The van der Waals surface area contributed by atoms with Crippen molar-refractivity contribution in [3.63, 3.8) is 0 Å². The fraction of sp³-hybridized carbons (Fsp3) is 0.333. The molecule has 0 bridgehead atoms. The molecule has 32 heavy (non-hydrogen) atoms. The van der Waals surface area contributed by atoms with Crippen LogP contribution in [-0.2, 0) is 20.7 Å². The molecule has 11 heteroatoms. The first-order valence-electron chi connectivity index (χ1n) is 9.69. The third-order valence-corrected chi connectivity index (χ3v) is 4.83. The molecule has 1 atom stereocenters. The number of methoxy groups -OCH3 is 1. The van der Waals surface area contributed by atoms with E-state index in [9.17, 15) is 19.7 Å². The second-order valence-electron chi connectivity index (χ2n) is 6.89. The summed E-state index contributed by atoms with van der Waals surface area (Å²) in [4.78, 5) is 35.4. The third-order valence-electron chi connectivity index (χ3n) is 4.55. The van der Waals surface area contributed by atoms with Crippen LogP contribution in [0.25, 0.3) is 0 Å². The average molecular weight is 465 g/mol. The Morgan fingerprint density at radius 1 is 1.25 bits per heavy atom. The van der Waals surface area contributed by atoms with E-state index in [2.05, 4.69) is 5.32 Å². The van der Waals surface area contributed by atoms with Crippen molar-refractivity contribution in [2.75, 3.05) is 25.6 Å². The second kappa shape index (κ2) is 10.2. The normalized spacial score (nSPS) is 13.5. The number of ether oxygens (including phenoxy) is 4. The van der Waals surface area contributed by atoms with Gasteiger partial charge in [0.1, 0.15) is 11.4 Å². The van der Waals surface area contributed by atoms with Crippen molar-refractivity contribution in [2.45, 2.75) is 25.9 Å². The number of carbonyl (C=O) groups is 2. The molecule has 2 aromatic rings. The van der Waals surface area contributed by atoms with Crippen LogP contribution in [-0.4, -0.2) is 43.2 Å². The Kier molecular flexibility index (Phi) is 7.37. The van der Waals surface area contributed by atoms with Crippen molar-refractivity contribution in [3.8, 4) is 17.2 Å². The Balaban J connectivity index is 1.64. The topological polar surface area (TPSA) is 126 Å². The van der Waals surface area contributed by atoms with Gasteiger partial charge in [0, 0.05) is 6.42 Å². The number of esters is 1. The van der Waals surface area contributed by atoms with Gasteiger partial charge in [-0.1, -0.05) is 11.6 Å². The Morgan fingerprint density at radius 3 is 2.72 bits per heavy atom. The molecule has 1 amide bonds. The number of hydrogen-bond acceptors (Lipinski definition) is 8. The van der Waals surface area contributed by atoms with Crippen molar-refractivity contribution in [3.05, 3.63) is 51.0 Å². The highest BCUT2D eigenvalue weighted by atomic mass is 35.5. The van der Waals surface area contributed by atoms with E-state index in [1.54, 1.807) is 12.1 Å². The van der Waals surface area contributed by atoms with Crippen LogP contribution in [0.5, 0.6) is 17.2 Å². The molecule has 0 aliphatic carbocycles. The zero-order chi connectivity index (χ0) is 23.3. The quantitative estimate of drug-likeness (QED) is 0.374. The van der Waals surface area contributed by atoms with Crippen LogP contribution >= 0.6 is 11.6 Å². The molecule has 0 radical (unpaired) electrons. The standard InChI is InChI=1S/C21H21ClN2O8/c1-12(21(26)23-16-5-4-14(29-2)11-17(16)24(27)28)32-19(25)10-13-8-15(22)20-18(9-13)30-6-3-7-31-20/h4-5,8-9,11-12H,3,6-7,10H2,1-2H3,(H,23,26)/t12-/m1/s1. The van der Waals surface area contributed by atoms with Crippen LogP contribution in [0, 0.1) is 10.1 Å². The van der Waals surface area contributed by atoms with E-state index in [1.165, 1.54) is 32.2 Å². The van der Waals surface area contributed by atoms with Gasteiger partial charge in [-0.05, 0) is 36.8 Å². The van der Waals surface area contributed by atoms with Crippen LogP contribution in [0.4, 0.5) is 11.4 Å². The smallest absolute Gasteiger partial charge is 0.311 e. The van der Waals surface area contributed by atoms with E-state index in [-0.39, 0.29) is 23.5 Å². The summed E-state index contributed by atoms with van der Waals surface area (Å²) in [6.45, 7) is 2.31. The van der Waals surface area contributed by atoms with Crippen LogP contribution in [0.15, 0.2) is 30.3 Å². The summed E-state index contributed by atoms with van der Waals surface area (Å²) in [5.41, 5.74) is 0.138. The van der Waals surface area contributed by atoms with Gasteiger partial charge in [0.25, 0.3) is 11.6 Å². The highest BCUT2D eigenvalue weighted by Crippen LogP contribution is 2.38. The Bertz CT molecular complexity index is 1040. The maximum absolute atomic E-state index is 12.4. The number of carbonyl (C=O) groups excluding carboxylic acids is 2. The molecule has 0 aromatic heterocycles. The Hall–Kier alpha value is -3.53. The average Bonchev–Trinajstić information content (AvgIpc) is 2.99. The first-order chi connectivity index (χ1) is 15.3. The fourth-order valence-electron chi connectivity index (χ4n) is 2.97. The molecule has 10 nitrogen and oxygen atoms in total. The number of nitro groups is 1. The first kappa shape index (κ1) is 23.1. The number of nitrogens with one attached hydrogen (secondary N) is 1. The van der Waals surface area contributed by atoms with E-state index >= 15 is 0 Å². The van der Waals surface area contributed by atoms with Gasteiger partial charge in [-0.2, -0.15) is 0 Å². The third kappa shape index (κ3) is 5.58. The first-order valence-corrected chi connectivity index (χ1v) is 10.1. The minimum atomic E-state index is -1.19. The molecule has 3 rings (SSSR count). The number of nitrogens with zero attached hydrogens (tertiary/aromatic N) is 1. The summed E-state index contributed by atoms with van der Waals surface area (Å²) in [7, 11) is 1.37. The van der Waals surface area contributed by atoms with Gasteiger partial charge in [0.05, 0.1) is 42.8 Å². The number of rotatable bonds is 7.